The summed E-state index contributed by atoms with van der Waals surface area (Å²) in [6.45, 7) is 0. The normalized spacial score (nSPS) is 10.2. The van der Waals surface area contributed by atoms with E-state index in [4.69, 9.17) is 9.72 Å². The smallest absolute Gasteiger partial charge is 0.118 e. The molecule has 0 N–H and O–H groups in total. The van der Waals surface area contributed by atoms with Gasteiger partial charge in [-0.05, 0) is 36.4 Å². The minimum atomic E-state index is 0.855. The monoisotopic (exact) mass is 261 g/mol. The quantitative estimate of drug-likeness (QED) is 0.696. The molecule has 98 valence electrons. The molecule has 2 heteroatoms. The highest BCUT2D eigenvalue weighted by Crippen LogP contribution is 2.24. The molecule has 3 aromatic rings. The molecule has 2 aromatic carbocycles. The highest BCUT2D eigenvalue weighted by Gasteiger charge is 2.03. The molecule has 0 atom stereocenters. The van der Waals surface area contributed by atoms with Gasteiger partial charge in [0.2, 0.25) is 0 Å². The predicted molar refractivity (Wildman–Crippen MR) is 81.7 cm³/mol. The molecule has 0 radical (unpaired) electrons. The zero-order valence-corrected chi connectivity index (χ0v) is 11.3. The predicted octanol–water partition coefficient (Wildman–Crippen LogP) is 4.42. The van der Waals surface area contributed by atoms with E-state index >= 15 is 0 Å². The van der Waals surface area contributed by atoms with Gasteiger partial charge in [0.05, 0.1) is 18.5 Å². The van der Waals surface area contributed by atoms with Gasteiger partial charge in [-0.25, -0.2) is 4.98 Å². The maximum absolute atomic E-state index is 5.18. The summed E-state index contributed by atoms with van der Waals surface area (Å²) in [5, 5.41) is 0. The molecule has 0 saturated carbocycles. The number of methoxy groups -OCH3 is 1. The van der Waals surface area contributed by atoms with Crippen LogP contribution < -0.4 is 4.74 Å². The molecular weight excluding hydrogens is 246 g/mol. The Morgan fingerprint density at radius 1 is 0.650 bits per heavy atom. The van der Waals surface area contributed by atoms with Crippen molar-refractivity contribution in [3.05, 3.63) is 72.8 Å². The second kappa shape index (κ2) is 5.57. The standard InChI is InChI=1S/C18H15NO/c1-20-16-12-10-15(11-13-16)18-9-5-8-17(19-18)14-6-3-2-4-7-14/h2-13H,1H3. The summed E-state index contributed by atoms with van der Waals surface area (Å²) >= 11 is 0. The highest BCUT2D eigenvalue weighted by molar-refractivity contribution is 5.66. The number of pyridine rings is 1. The van der Waals surface area contributed by atoms with E-state index < -0.39 is 0 Å². The van der Waals surface area contributed by atoms with Gasteiger partial charge in [-0.15, -0.1) is 0 Å². The van der Waals surface area contributed by atoms with Gasteiger partial charge in [-0.2, -0.15) is 0 Å². The lowest BCUT2D eigenvalue weighted by atomic mass is 10.1. The van der Waals surface area contributed by atoms with Gasteiger partial charge < -0.3 is 4.74 Å². The molecule has 0 unspecified atom stereocenters. The fourth-order valence-corrected chi connectivity index (χ4v) is 2.13. The van der Waals surface area contributed by atoms with Crippen molar-refractivity contribution in [3.8, 4) is 28.3 Å². The number of ether oxygens (including phenoxy) is 1. The minimum Gasteiger partial charge on any atom is -0.497 e. The first-order valence-electron chi connectivity index (χ1n) is 6.54. The summed E-state index contributed by atoms with van der Waals surface area (Å²) in [7, 11) is 1.67. The van der Waals surface area contributed by atoms with E-state index in [0.717, 1.165) is 28.3 Å². The highest BCUT2D eigenvalue weighted by atomic mass is 16.5. The third kappa shape index (κ3) is 2.54. The molecule has 1 heterocycles. The molecule has 0 aliphatic carbocycles. The largest absolute Gasteiger partial charge is 0.497 e. The van der Waals surface area contributed by atoms with Crippen molar-refractivity contribution in [1.82, 2.24) is 4.98 Å². The van der Waals surface area contributed by atoms with Gasteiger partial charge in [0, 0.05) is 11.1 Å². The third-order valence-electron chi connectivity index (χ3n) is 3.20. The Balaban J connectivity index is 1.98. The first kappa shape index (κ1) is 12.4. The first-order chi connectivity index (χ1) is 9.86. The molecule has 0 bridgehead atoms. The molecule has 3 rings (SSSR count). The van der Waals surface area contributed by atoms with E-state index in [1.807, 2.05) is 60.7 Å². The van der Waals surface area contributed by atoms with E-state index in [-0.39, 0.29) is 0 Å². The zero-order valence-electron chi connectivity index (χ0n) is 11.3. The Morgan fingerprint density at radius 2 is 1.25 bits per heavy atom. The van der Waals surface area contributed by atoms with Crippen LogP contribution in [-0.4, -0.2) is 12.1 Å². The van der Waals surface area contributed by atoms with Crippen molar-refractivity contribution in [2.75, 3.05) is 7.11 Å². The average molecular weight is 261 g/mol. The van der Waals surface area contributed by atoms with Crippen molar-refractivity contribution < 1.29 is 4.74 Å². The molecule has 0 aliphatic heterocycles. The molecule has 0 saturated heterocycles. The van der Waals surface area contributed by atoms with Crippen molar-refractivity contribution in [2.24, 2.45) is 0 Å². The van der Waals surface area contributed by atoms with Crippen molar-refractivity contribution in [2.45, 2.75) is 0 Å². The van der Waals surface area contributed by atoms with Crippen molar-refractivity contribution in [3.63, 3.8) is 0 Å². The summed E-state index contributed by atoms with van der Waals surface area (Å²) in [6.07, 6.45) is 0. The molecule has 20 heavy (non-hydrogen) atoms. The van der Waals surface area contributed by atoms with Gasteiger partial charge in [0.15, 0.2) is 0 Å². The van der Waals surface area contributed by atoms with E-state index in [2.05, 4.69) is 12.1 Å². The summed E-state index contributed by atoms with van der Waals surface area (Å²) in [4.78, 5) is 4.73. The number of rotatable bonds is 3. The van der Waals surface area contributed by atoms with Gasteiger partial charge in [-0.1, -0.05) is 36.4 Å². The van der Waals surface area contributed by atoms with Crippen LogP contribution in [-0.2, 0) is 0 Å². The summed E-state index contributed by atoms with van der Waals surface area (Å²) in [5.74, 6) is 0.855. The van der Waals surface area contributed by atoms with Crippen LogP contribution in [0.25, 0.3) is 22.5 Å². The number of benzene rings is 2. The summed E-state index contributed by atoms with van der Waals surface area (Å²) in [6, 6.07) is 24.2. The Kier molecular flexibility index (Phi) is 3.46. The topological polar surface area (TPSA) is 22.1 Å². The third-order valence-corrected chi connectivity index (χ3v) is 3.20. The van der Waals surface area contributed by atoms with Crippen molar-refractivity contribution >= 4 is 0 Å². The van der Waals surface area contributed by atoms with Gasteiger partial charge in [0.25, 0.3) is 0 Å². The summed E-state index contributed by atoms with van der Waals surface area (Å²) in [5.41, 5.74) is 4.17. The molecule has 2 nitrogen and oxygen atoms in total. The molecule has 0 aliphatic rings. The van der Waals surface area contributed by atoms with Crippen LogP contribution >= 0.6 is 0 Å². The molecule has 1 aromatic heterocycles. The van der Waals surface area contributed by atoms with Crippen LogP contribution in [0.5, 0.6) is 5.75 Å². The van der Waals surface area contributed by atoms with Crippen LogP contribution in [0, 0.1) is 0 Å². The number of hydrogen-bond acceptors (Lipinski definition) is 2. The van der Waals surface area contributed by atoms with Gasteiger partial charge >= 0.3 is 0 Å². The fraction of sp³-hybridized carbons (Fsp3) is 0.0556. The maximum atomic E-state index is 5.18. The maximum Gasteiger partial charge on any atom is 0.118 e. The second-order valence-electron chi connectivity index (χ2n) is 4.50. The number of nitrogens with zero attached hydrogens (tertiary/aromatic N) is 1. The lowest BCUT2D eigenvalue weighted by Crippen LogP contribution is -1.88. The Morgan fingerprint density at radius 3 is 1.85 bits per heavy atom. The van der Waals surface area contributed by atoms with E-state index in [0.29, 0.717) is 0 Å². The van der Waals surface area contributed by atoms with Crippen LogP contribution in [0.4, 0.5) is 0 Å². The van der Waals surface area contributed by atoms with Crippen LogP contribution in [0.2, 0.25) is 0 Å². The van der Waals surface area contributed by atoms with E-state index in [1.165, 1.54) is 0 Å². The molecular formula is C18H15NO. The average Bonchev–Trinajstić information content (AvgIpc) is 2.56. The number of hydrogen-bond donors (Lipinski definition) is 0. The van der Waals surface area contributed by atoms with Crippen LogP contribution in [0.15, 0.2) is 72.8 Å². The Hall–Kier alpha value is -2.61. The van der Waals surface area contributed by atoms with Gasteiger partial charge in [0.1, 0.15) is 5.75 Å². The SMILES string of the molecule is COc1ccc(-c2cccc(-c3ccccc3)n2)cc1. The molecule has 0 fully saturated rings. The van der Waals surface area contributed by atoms with Crippen molar-refractivity contribution in [1.29, 1.82) is 0 Å². The Labute approximate surface area is 118 Å². The number of aromatic nitrogens is 1. The second-order valence-corrected chi connectivity index (χ2v) is 4.50. The van der Waals surface area contributed by atoms with E-state index in [1.54, 1.807) is 7.11 Å². The van der Waals surface area contributed by atoms with Crippen LogP contribution in [0.1, 0.15) is 0 Å². The lowest BCUT2D eigenvalue weighted by molar-refractivity contribution is 0.415. The van der Waals surface area contributed by atoms with E-state index in [9.17, 15) is 0 Å². The Bertz CT molecular complexity index is 690. The molecule has 0 amide bonds. The van der Waals surface area contributed by atoms with Crippen LogP contribution in [0.3, 0.4) is 0 Å². The minimum absolute atomic E-state index is 0.855. The lowest BCUT2D eigenvalue weighted by Gasteiger charge is -2.06. The molecule has 0 spiro atoms. The summed E-state index contributed by atoms with van der Waals surface area (Å²) < 4.78 is 5.18. The fourth-order valence-electron chi connectivity index (χ4n) is 2.13. The van der Waals surface area contributed by atoms with Gasteiger partial charge in [-0.3, -0.25) is 0 Å². The first-order valence-corrected chi connectivity index (χ1v) is 6.54. The zero-order chi connectivity index (χ0) is 13.8.